The van der Waals surface area contributed by atoms with Gasteiger partial charge in [-0.2, -0.15) is 0 Å². The fourth-order valence-corrected chi connectivity index (χ4v) is 5.00. The molecular formula is C17H16O3Se. The number of ether oxygens (including phenoxy) is 1. The Bertz CT molecular complexity index is 600. The molecule has 0 bridgehead atoms. The normalized spacial score (nSPS) is 25.4. The second-order valence-electron chi connectivity index (χ2n) is 4.99. The van der Waals surface area contributed by atoms with Gasteiger partial charge < -0.3 is 0 Å². The maximum atomic E-state index is 11.7. The van der Waals surface area contributed by atoms with E-state index in [0.29, 0.717) is 0 Å². The third-order valence-corrected chi connectivity index (χ3v) is 6.35. The molecular weight excluding hydrogens is 331 g/mol. The van der Waals surface area contributed by atoms with Gasteiger partial charge in [-0.1, -0.05) is 0 Å². The summed E-state index contributed by atoms with van der Waals surface area (Å²) in [6.45, 7) is 0. The van der Waals surface area contributed by atoms with E-state index in [1.807, 2.05) is 48.5 Å². The van der Waals surface area contributed by atoms with Gasteiger partial charge in [0.15, 0.2) is 0 Å². The Morgan fingerprint density at radius 1 is 1.00 bits per heavy atom. The zero-order valence-electron chi connectivity index (χ0n) is 11.4. The predicted molar refractivity (Wildman–Crippen MR) is 81.5 cm³/mol. The summed E-state index contributed by atoms with van der Waals surface area (Å²) in [5, 5.41) is 10.3. The molecule has 4 heteroatoms. The topological polar surface area (TPSA) is 46.5 Å². The molecule has 0 radical (unpaired) electrons. The number of hydrogen-bond acceptors (Lipinski definition) is 3. The van der Waals surface area contributed by atoms with Crippen LogP contribution in [0.5, 0.6) is 0 Å². The molecule has 2 aromatic rings. The van der Waals surface area contributed by atoms with Crippen LogP contribution in [0, 0.1) is 0 Å². The molecule has 0 spiro atoms. The zero-order chi connectivity index (χ0) is 14.7. The van der Waals surface area contributed by atoms with Gasteiger partial charge >= 0.3 is 130 Å². The SMILES string of the molecule is O=C1C[C@@H](O)[C@@H]([Se]c2ccccc2)[C@@H](c2ccccc2)O1. The van der Waals surface area contributed by atoms with Crippen molar-refractivity contribution >= 4 is 25.4 Å². The van der Waals surface area contributed by atoms with Gasteiger partial charge in [-0.25, -0.2) is 0 Å². The molecule has 3 atom stereocenters. The van der Waals surface area contributed by atoms with Crippen molar-refractivity contribution in [2.75, 3.05) is 0 Å². The molecule has 1 N–H and O–H groups in total. The van der Waals surface area contributed by atoms with Crippen molar-refractivity contribution in [1.82, 2.24) is 0 Å². The molecule has 3 rings (SSSR count). The molecule has 3 nitrogen and oxygen atoms in total. The number of carbonyl (C=O) groups is 1. The van der Waals surface area contributed by atoms with E-state index in [9.17, 15) is 9.90 Å². The van der Waals surface area contributed by atoms with Crippen LogP contribution in [0.3, 0.4) is 0 Å². The zero-order valence-corrected chi connectivity index (χ0v) is 13.1. The average molecular weight is 347 g/mol. The summed E-state index contributed by atoms with van der Waals surface area (Å²) in [6.07, 6.45) is -0.915. The quantitative estimate of drug-likeness (QED) is 0.681. The van der Waals surface area contributed by atoms with Gasteiger partial charge in [0.1, 0.15) is 0 Å². The third kappa shape index (κ3) is 3.35. The predicted octanol–water partition coefficient (Wildman–Crippen LogP) is 1.85. The van der Waals surface area contributed by atoms with E-state index in [2.05, 4.69) is 12.1 Å². The molecule has 0 amide bonds. The van der Waals surface area contributed by atoms with E-state index in [0.717, 1.165) is 5.56 Å². The molecule has 0 aromatic heterocycles. The molecule has 21 heavy (non-hydrogen) atoms. The molecule has 2 aromatic carbocycles. The van der Waals surface area contributed by atoms with Crippen LogP contribution >= 0.6 is 0 Å². The second kappa shape index (κ2) is 6.44. The van der Waals surface area contributed by atoms with E-state index in [4.69, 9.17) is 4.74 Å². The van der Waals surface area contributed by atoms with Crippen LogP contribution in [0.4, 0.5) is 0 Å². The van der Waals surface area contributed by atoms with Crippen LogP contribution in [-0.4, -0.2) is 32.1 Å². The number of rotatable bonds is 3. The van der Waals surface area contributed by atoms with E-state index in [1.54, 1.807) is 0 Å². The Balaban J connectivity index is 1.88. The van der Waals surface area contributed by atoms with E-state index in [1.165, 1.54) is 4.46 Å². The summed E-state index contributed by atoms with van der Waals surface area (Å²) < 4.78 is 6.75. The van der Waals surface area contributed by atoms with Crippen molar-refractivity contribution in [3.63, 3.8) is 0 Å². The number of esters is 1. The van der Waals surface area contributed by atoms with Crippen LogP contribution in [0.2, 0.25) is 4.82 Å². The molecule has 0 saturated carbocycles. The van der Waals surface area contributed by atoms with Crippen molar-refractivity contribution in [2.24, 2.45) is 0 Å². The van der Waals surface area contributed by atoms with Gasteiger partial charge in [-0.3, -0.25) is 0 Å². The number of carbonyl (C=O) groups excluding carboxylic acids is 1. The van der Waals surface area contributed by atoms with E-state index >= 15 is 0 Å². The van der Waals surface area contributed by atoms with Crippen LogP contribution < -0.4 is 4.46 Å². The molecule has 1 fully saturated rings. The van der Waals surface area contributed by atoms with Crippen molar-refractivity contribution in [3.8, 4) is 0 Å². The fourth-order valence-electron chi connectivity index (χ4n) is 2.44. The fraction of sp³-hybridized carbons (Fsp3) is 0.235. The molecule has 1 aliphatic heterocycles. The number of benzene rings is 2. The summed E-state index contributed by atoms with van der Waals surface area (Å²) in [5.74, 6) is -0.323. The minimum absolute atomic E-state index is 0.0435. The van der Waals surface area contributed by atoms with Gasteiger partial charge in [-0.15, -0.1) is 0 Å². The summed E-state index contributed by atoms with van der Waals surface area (Å²) in [5.41, 5.74) is 0.951. The van der Waals surface area contributed by atoms with Crippen LogP contribution in [0.1, 0.15) is 18.1 Å². The average Bonchev–Trinajstić information content (AvgIpc) is 2.51. The van der Waals surface area contributed by atoms with E-state index in [-0.39, 0.29) is 38.3 Å². The maximum absolute atomic E-state index is 11.7. The Morgan fingerprint density at radius 3 is 2.29 bits per heavy atom. The number of cyclic esters (lactones) is 1. The molecule has 1 aliphatic rings. The first-order valence-electron chi connectivity index (χ1n) is 6.88. The molecule has 1 heterocycles. The van der Waals surface area contributed by atoms with Gasteiger partial charge in [0.05, 0.1) is 0 Å². The van der Waals surface area contributed by atoms with Crippen molar-refractivity contribution < 1.29 is 14.6 Å². The summed E-state index contributed by atoms with van der Waals surface area (Å²) >= 11 is 0.0435. The Kier molecular flexibility index (Phi) is 4.39. The monoisotopic (exact) mass is 348 g/mol. The molecule has 108 valence electrons. The van der Waals surface area contributed by atoms with Crippen molar-refractivity contribution in [3.05, 3.63) is 66.2 Å². The number of hydrogen-bond donors (Lipinski definition) is 1. The van der Waals surface area contributed by atoms with Gasteiger partial charge in [0.2, 0.25) is 0 Å². The third-order valence-electron chi connectivity index (χ3n) is 3.46. The van der Waals surface area contributed by atoms with Crippen LogP contribution in [0.25, 0.3) is 0 Å². The first-order chi connectivity index (χ1) is 10.2. The molecule has 1 saturated heterocycles. The number of aliphatic hydroxyl groups is 1. The Labute approximate surface area is 130 Å². The summed E-state index contributed by atoms with van der Waals surface area (Å²) in [7, 11) is 0. The van der Waals surface area contributed by atoms with Crippen LogP contribution in [-0.2, 0) is 9.53 Å². The second-order valence-corrected chi connectivity index (χ2v) is 7.61. The van der Waals surface area contributed by atoms with Crippen molar-refractivity contribution in [2.45, 2.75) is 23.4 Å². The van der Waals surface area contributed by atoms with Gasteiger partial charge in [0.25, 0.3) is 0 Å². The minimum atomic E-state index is -0.642. The Hall–Kier alpha value is -1.61. The van der Waals surface area contributed by atoms with Gasteiger partial charge in [-0.05, 0) is 0 Å². The molecule has 0 unspecified atom stereocenters. The van der Waals surface area contributed by atoms with Gasteiger partial charge in [0, 0.05) is 0 Å². The first kappa shape index (κ1) is 14.3. The number of aliphatic hydroxyl groups excluding tert-OH is 1. The standard InChI is InChI=1S/C17H16O3Se/c18-14-11-15(19)20-16(12-7-3-1-4-8-12)17(14)21-13-9-5-2-6-10-13/h1-10,14,16-18H,11H2/t14-,16-,17-/m1/s1. The van der Waals surface area contributed by atoms with Crippen LogP contribution in [0.15, 0.2) is 60.7 Å². The van der Waals surface area contributed by atoms with E-state index < -0.39 is 6.10 Å². The van der Waals surface area contributed by atoms with Crippen molar-refractivity contribution in [1.29, 1.82) is 0 Å². The summed E-state index contributed by atoms with van der Waals surface area (Å²) in [6, 6.07) is 19.8. The first-order valence-corrected chi connectivity index (χ1v) is 8.73. The molecule has 0 aliphatic carbocycles. The Morgan fingerprint density at radius 2 is 1.62 bits per heavy atom. The summed E-state index contributed by atoms with van der Waals surface area (Å²) in [4.78, 5) is 11.6.